The van der Waals surface area contributed by atoms with Crippen LogP contribution >= 0.6 is 12.4 Å². The maximum atomic E-state index is 11.9. The summed E-state index contributed by atoms with van der Waals surface area (Å²) in [6.45, 7) is 5.05. The molecule has 1 aromatic rings. The highest BCUT2D eigenvalue weighted by Crippen LogP contribution is 2.19. The van der Waals surface area contributed by atoms with E-state index in [9.17, 15) is 4.79 Å². The summed E-state index contributed by atoms with van der Waals surface area (Å²) >= 11 is 0. The van der Waals surface area contributed by atoms with Crippen LogP contribution in [0.15, 0.2) is 30.3 Å². The summed E-state index contributed by atoms with van der Waals surface area (Å²) in [5.74, 6) is 0.731. The van der Waals surface area contributed by atoms with E-state index in [1.54, 1.807) is 0 Å². The van der Waals surface area contributed by atoms with Crippen molar-refractivity contribution in [2.45, 2.75) is 32.2 Å². The summed E-state index contributed by atoms with van der Waals surface area (Å²) in [6.07, 6.45) is 2.85. The van der Waals surface area contributed by atoms with Crippen LogP contribution in [0.3, 0.4) is 0 Å². The molecule has 1 fully saturated rings. The van der Waals surface area contributed by atoms with E-state index in [4.69, 9.17) is 5.73 Å². The Hall–Kier alpha value is -1.10. The molecule has 1 unspecified atom stereocenters. The Morgan fingerprint density at radius 2 is 1.95 bits per heavy atom. The second-order valence-electron chi connectivity index (χ2n) is 5.70. The van der Waals surface area contributed by atoms with Crippen LogP contribution in [-0.2, 0) is 4.79 Å². The van der Waals surface area contributed by atoms with Crippen LogP contribution in [-0.4, -0.2) is 36.5 Å². The number of piperidine rings is 1. The third kappa shape index (κ3) is 6.04. The number of hydrogen-bond donors (Lipinski definition) is 2. The minimum atomic E-state index is 0. The highest BCUT2D eigenvalue weighted by atomic mass is 35.5. The fourth-order valence-corrected chi connectivity index (χ4v) is 2.71. The van der Waals surface area contributed by atoms with Crippen molar-refractivity contribution in [3.8, 4) is 0 Å². The van der Waals surface area contributed by atoms with Gasteiger partial charge in [-0.3, -0.25) is 4.79 Å². The Morgan fingerprint density at radius 1 is 1.33 bits per heavy atom. The molecule has 2 rings (SSSR count). The van der Waals surface area contributed by atoms with Crippen molar-refractivity contribution in [2.24, 2.45) is 11.7 Å². The lowest BCUT2D eigenvalue weighted by atomic mass is 9.91. The van der Waals surface area contributed by atoms with Gasteiger partial charge in [-0.1, -0.05) is 18.2 Å². The third-order valence-electron chi connectivity index (χ3n) is 4.09. The SMILES string of the molecule is CC(N)C1CCN(CCC(=O)Nc2ccccc2)CC1.Cl. The predicted molar refractivity (Wildman–Crippen MR) is 89.8 cm³/mol. The number of para-hydroxylation sites is 1. The normalized spacial score (nSPS) is 17.8. The second-order valence-corrected chi connectivity index (χ2v) is 5.70. The summed E-state index contributed by atoms with van der Waals surface area (Å²) in [6, 6.07) is 9.90. The number of benzene rings is 1. The minimum absolute atomic E-state index is 0. The zero-order valence-corrected chi connectivity index (χ0v) is 13.4. The molecule has 1 saturated heterocycles. The zero-order valence-electron chi connectivity index (χ0n) is 12.6. The number of carbonyl (C=O) groups excluding carboxylic acids is 1. The molecule has 1 aliphatic heterocycles. The van der Waals surface area contributed by atoms with Crippen LogP contribution in [0.2, 0.25) is 0 Å². The Kier molecular flexibility index (Phi) is 7.72. The highest BCUT2D eigenvalue weighted by molar-refractivity contribution is 5.90. The Labute approximate surface area is 133 Å². The fraction of sp³-hybridized carbons (Fsp3) is 0.562. The monoisotopic (exact) mass is 311 g/mol. The van der Waals surface area contributed by atoms with Gasteiger partial charge in [0.25, 0.3) is 0 Å². The topological polar surface area (TPSA) is 58.4 Å². The van der Waals surface area contributed by atoms with Gasteiger partial charge in [0.15, 0.2) is 0 Å². The van der Waals surface area contributed by atoms with Gasteiger partial charge in [0.2, 0.25) is 5.91 Å². The molecular formula is C16H26ClN3O. The van der Waals surface area contributed by atoms with Crippen molar-refractivity contribution < 1.29 is 4.79 Å². The summed E-state index contributed by atoms with van der Waals surface area (Å²) < 4.78 is 0. The molecule has 1 aromatic carbocycles. The van der Waals surface area contributed by atoms with Gasteiger partial charge < -0.3 is 16.0 Å². The molecule has 1 amide bonds. The number of anilines is 1. The molecule has 118 valence electrons. The molecule has 3 N–H and O–H groups in total. The number of rotatable bonds is 5. The molecule has 5 heteroatoms. The van der Waals surface area contributed by atoms with Gasteiger partial charge in [0.1, 0.15) is 0 Å². The van der Waals surface area contributed by atoms with Gasteiger partial charge in [0.05, 0.1) is 0 Å². The van der Waals surface area contributed by atoms with E-state index in [-0.39, 0.29) is 18.3 Å². The number of carbonyl (C=O) groups is 1. The van der Waals surface area contributed by atoms with Crippen LogP contribution in [0.1, 0.15) is 26.2 Å². The zero-order chi connectivity index (χ0) is 14.4. The number of amides is 1. The lowest BCUT2D eigenvalue weighted by Crippen LogP contribution is -2.40. The first kappa shape index (κ1) is 18.0. The van der Waals surface area contributed by atoms with E-state index >= 15 is 0 Å². The van der Waals surface area contributed by atoms with Crippen molar-refractivity contribution in [1.82, 2.24) is 4.90 Å². The quantitative estimate of drug-likeness (QED) is 0.878. The standard InChI is InChI=1S/C16H25N3O.ClH/c1-13(17)14-7-10-19(11-8-14)12-9-16(20)18-15-5-3-2-4-6-15;/h2-6,13-14H,7-12,17H2,1H3,(H,18,20);1H. The molecule has 0 radical (unpaired) electrons. The maximum absolute atomic E-state index is 11.9. The van der Waals surface area contributed by atoms with Crippen LogP contribution in [0.5, 0.6) is 0 Å². The minimum Gasteiger partial charge on any atom is -0.328 e. The Morgan fingerprint density at radius 3 is 2.52 bits per heavy atom. The third-order valence-corrected chi connectivity index (χ3v) is 4.09. The van der Waals surface area contributed by atoms with Crippen molar-refractivity contribution in [2.75, 3.05) is 25.0 Å². The van der Waals surface area contributed by atoms with Crippen LogP contribution in [0, 0.1) is 5.92 Å². The Bertz CT molecular complexity index is 417. The smallest absolute Gasteiger partial charge is 0.225 e. The molecule has 1 atom stereocenters. The van der Waals surface area contributed by atoms with Gasteiger partial charge in [-0.2, -0.15) is 0 Å². The molecule has 0 spiro atoms. The van der Waals surface area contributed by atoms with Crippen molar-refractivity contribution in [1.29, 1.82) is 0 Å². The number of nitrogens with one attached hydrogen (secondary N) is 1. The maximum Gasteiger partial charge on any atom is 0.225 e. The molecule has 1 aliphatic rings. The average Bonchev–Trinajstić information content (AvgIpc) is 2.46. The molecule has 0 saturated carbocycles. The number of nitrogens with two attached hydrogens (primary N) is 1. The van der Waals surface area contributed by atoms with Gasteiger partial charge in [-0.15, -0.1) is 12.4 Å². The van der Waals surface area contributed by atoms with Gasteiger partial charge >= 0.3 is 0 Å². The van der Waals surface area contributed by atoms with E-state index in [1.807, 2.05) is 30.3 Å². The van der Waals surface area contributed by atoms with Gasteiger partial charge in [-0.25, -0.2) is 0 Å². The molecule has 0 bridgehead atoms. The lowest BCUT2D eigenvalue weighted by Gasteiger charge is -2.33. The largest absolute Gasteiger partial charge is 0.328 e. The van der Waals surface area contributed by atoms with Crippen LogP contribution < -0.4 is 11.1 Å². The molecule has 4 nitrogen and oxygen atoms in total. The first-order valence-electron chi connectivity index (χ1n) is 7.48. The molecule has 0 aromatic heterocycles. The molecule has 0 aliphatic carbocycles. The number of nitrogens with zero attached hydrogens (tertiary/aromatic N) is 1. The summed E-state index contributed by atoms with van der Waals surface area (Å²) in [7, 11) is 0. The Balaban J connectivity index is 0.00000220. The van der Waals surface area contributed by atoms with Crippen molar-refractivity contribution in [3.63, 3.8) is 0 Å². The second kappa shape index (κ2) is 9.03. The van der Waals surface area contributed by atoms with E-state index in [1.165, 1.54) is 0 Å². The fourth-order valence-electron chi connectivity index (χ4n) is 2.71. The van der Waals surface area contributed by atoms with Crippen molar-refractivity contribution in [3.05, 3.63) is 30.3 Å². The molecule has 1 heterocycles. The van der Waals surface area contributed by atoms with E-state index < -0.39 is 0 Å². The average molecular weight is 312 g/mol. The van der Waals surface area contributed by atoms with Crippen LogP contribution in [0.4, 0.5) is 5.69 Å². The lowest BCUT2D eigenvalue weighted by molar-refractivity contribution is -0.116. The first-order valence-corrected chi connectivity index (χ1v) is 7.48. The van der Waals surface area contributed by atoms with E-state index in [2.05, 4.69) is 17.1 Å². The summed E-state index contributed by atoms with van der Waals surface area (Å²) in [5.41, 5.74) is 6.81. The molecular weight excluding hydrogens is 286 g/mol. The van der Waals surface area contributed by atoms with Gasteiger partial charge in [-0.05, 0) is 50.9 Å². The first-order chi connectivity index (χ1) is 9.65. The highest BCUT2D eigenvalue weighted by Gasteiger charge is 2.21. The van der Waals surface area contributed by atoms with Crippen molar-refractivity contribution >= 4 is 24.0 Å². The van der Waals surface area contributed by atoms with E-state index in [0.29, 0.717) is 18.4 Å². The number of hydrogen-bond acceptors (Lipinski definition) is 3. The van der Waals surface area contributed by atoms with Crippen LogP contribution in [0.25, 0.3) is 0 Å². The molecule has 21 heavy (non-hydrogen) atoms. The number of likely N-dealkylation sites (tertiary alicyclic amines) is 1. The number of halogens is 1. The summed E-state index contributed by atoms with van der Waals surface area (Å²) in [4.78, 5) is 14.2. The van der Waals surface area contributed by atoms with Gasteiger partial charge in [0, 0.05) is 24.7 Å². The predicted octanol–water partition coefficient (Wildman–Crippen LogP) is 2.50. The van der Waals surface area contributed by atoms with E-state index in [0.717, 1.165) is 38.2 Å². The summed E-state index contributed by atoms with van der Waals surface area (Å²) in [5, 5.41) is 2.92.